The van der Waals surface area contributed by atoms with Gasteiger partial charge in [0.25, 0.3) is 0 Å². The van der Waals surface area contributed by atoms with E-state index in [0.29, 0.717) is 12.5 Å². The summed E-state index contributed by atoms with van der Waals surface area (Å²) in [5.41, 5.74) is 5.81. The molecule has 82 valence electrons. The lowest BCUT2D eigenvalue weighted by Crippen LogP contribution is -2.44. The lowest BCUT2D eigenvalue weighted by Gasteiger charge is -2.30. The summed E-state index contributed by atoms with van der Waals surface area (Å²) in [6, 6.07) is 1.89. The molecule has 0 bridgehead atoms. The van der Waals surface area contributed by atoms with Gasteiger partial charge in [0.1, 0.15) is 11.6 Å². The average molecular weight is 206 g/mol. The number of hydrogen-bond donors (Lipinski definition) is 2. The number of nitrogens with zero attached hydrogens (tertiary/aromatic N) is 2. The van der Waals surface area contributed by atoms with Crippen LogP contribution in [-0.2, 0) is 0 Å². The third-order valence-electron chi connectivity index (χ3n) is 3.09. The molecule has 3 N–H and O–H groups in total. The van der Waals surface area contributed by atoms with Crippen molar-refractivity contribution >= 4 is 5.82 Å². The molecular weight excluding hydrogens is 188 g/mol. The summed E-state index contributed by atoms with van der Waals surface area (Å²) in [6.07, 6.45) is 4.31. The zero-order chi connectivity index (χ0) is 10.9. The van der Waals surface area contributed by atoms with Gasteiger partial charge in [0.15, 0.2) is 0 Å². The minimum atomic E-state index is -0.0131. The summed E-state index contributed by atoms with van der Waals surface area (Å²) in [6.45, 7) is 4.70. The molecule has 1 atom stereocenters. The Morgan fingerprint density at radius 2 is 2.33 bits per heavy atom. The van der Waals surface area contributed by atoms with Gasteiger partial charge in [0, 0.05) is 12.7 Å². The van der Waals surface area contributed by atoms with Gasteiger partial charge in [-0.2, -0.15) is 0 Å². The van der Waals surface area contributed by atoms with Crippen molar-refractivity contribution in [3.63, 3.8) is 0 Å². The molecule has 0 aromatic carbocycles. The van der Waals surface area contributed by atoms with Crippen molar-refractivity contribution in [2.24, 2.45) is 11.7 Å². The largest absolute Gasteiger partial charge is 0.363 e. The second-order valence-electron chi connectivity index (χ2n) is 4.51. The van der Waals surface area contributed by atoms with Gasteiger partial charge in [0.2, 0.25) is 0 Å². The normalized spacial score (nSPS) is 19.7. The summed E-state index contributed by atoms with van der Waals surface area (Å²) >= 11 is 0. The fourth-order valence-corrected chi connectivity index (χ4v) is 1.86. The van der Waals surface area contributed by atoms with E-state index in [9.17, 15) is 0 Å². The Bertz CT molecular complexity index is 348. The average Bonchev–Trinajstić information content (AvgIpc) is 3.01. The van der Waals surface area contributed by atoms with Crippen molar-refractivity contribution in [2.75, 3.05) is 11.9 Å². The molecule has 15 heavy (non-hydrogen) atoms. The van der Waals surface area contributed by atoms with Crippen LogP contribution in [0, 0.1) is 12.8 Å². The van der Waals surface area contributed by atoms with Crippen molar-refractivity contribution < 1.29 is 0 Å². The third kappa shape index (κ3) is 2.26. The fourth-order valence-electron chi connectivity index (χ4n) is 1.86. The molecule has 1 fully saturated rings. The number of hydrogen-bond acceptors (Lipinski definition) is 4. The van der Waals surface area contributed by atoms with E-state index in [1.54, 1.807) is 6.20 Å². The predicted octanol–water partition coefficient (Wildman–Crippen LogP) is 1.32. The first-order chi connectivity index (χ1) is 7.14. The molecule has 0 amide bonds. The maximum absolute atomic E-state index is 5.83. The van der Waals surface area contributed by atoms with Crippen LogP contribution < -0.4 is 11.1 Å². The zero-order valence-electron chi connectivity index (χ0n) is 9.33. The van der Waals surface area contributed by atoms with Crippen LogP contribution in [0.3, 0.4) is 0 Å². The van der Waals surface area contributed by atoms with Crippen LogP contribution in [0.5, 0.6) is 0 Å². The molecule has 0 aliphatic heterocycles. The van der Waals surface area contributed by atoms with Crippen molar-refractivity contribution in [3.05, 3.63) is 18.1 Å². The van der Waals surface area contributed by atoms with Crippen molar-refractivity contribution in [1.82, 2.24) is 9.97 Å². The van der Waals surface area contributed by atoms with Crippen molar-refractivity contribution in [2.45, 2.75) is 32.2 Å². The first kappa shape index (κ1) is 10.4. The van der Waals surface area contributed by atoms with Gasteiger partial charge < -0.3 is 11.1 Å². The smallest absolute Gasteiger partial charge is 0.130 e. The molecule has 0 spiro atoms. The topological polar surface area (TPSA) is 63.8 Å². The molecule has 4 heteroatoms. The molecule has 1 saturated carbocycles. The molecule has 4 nitrogen and oxygen atoms in total. The van der Waals surface area contributed by atoms with Crippen LogP contribution >= 0.6 is 0 Å². The summed E-state index contributed by atoms with van der Waals surface area (Å²) in [5.74, 6) is 2.36. The Morgan fingerprint density at radius 1 is 1.60 bits per heavy atom. The molecule has 1 unspecified atom stereocenters. The molecule has 1 aliphatic rings. The van der Waals surface area contributed by atoms with E-state index in [2.05, 4.69) is 22.2 Å². The maximum Gasteiger partial charge on any atom is 0.130 e. The van der Waals surface area contributed by atoms with Gasteiger partial charge in [-0.25, -0.2) is 9.97 Å². The van der Waals surface area contributed by atoms with E-state index in [4.69, 9.17) is 5.73 Å². The second kappa shape index (κ2) is 3.77. The monoisotopic (exact) mass is 206 g/mol. The number of aromatic nitrogens is 2. The van der Waals surface area contributed by atoms with E-state index in [1.165, 1.54) is 12.8 Å². The van der Waals surface area contributed by atoms with Gasteiger partial charge in [-0.05, 0) is 38.7 Å². The van der Waals surface area contributed by atoms with Crippen LogP contribution in [0.25, 0.3) is 0 Å². The minimum Gasteiger partial charge on any atom is -0.363 e. The maximum atomic E-state index is 5.83. The third-order valence-corrected chi connectivity index (χ3v) is 3.09. The van der Waals surface area contributed by atoms with Crippen LogP contribution in [-0.4, -0.2) is 22.1 Å². The van der Waals surface area contributed by atoms with Crippen LogP contribution in [0.1, 0.15) is 25.6 Å². The second-order valence-corrected chi connectivity index (χ2v) is 4.51. The number of nitrogens with two attached hydrogens (primary N) is 1. The SMILES string of the molecule is Cc1nccc(NC(C)(CN)C2CC2)n1. The standard InChI is InChI=1S/C11H18N4/c1-8-13-6-5-10(14-8)15-11(2,7-12)9-3-4-9/h5-6,9H,3-4,7,12H2,1-2H3,(H,13,14,15). The predicted molar refractivity (Wildman–Crippen MR) is 60.6 cm³/mol. The van der Waals surface area contributed by atoms with E-state index >= 15 is 0 Å². The van der Waals surface area contributed by atoms with Gasteiger partial charge in [-0.3, -0.25) is 0 Å². The highest BCUT2D eigenvalue weighted by atomic mass is 15.1. The van der Waals surface area contributed by atoms with E-state index in [-0.39, 0.29) is 5.54 Å². The molecule has 0 saturated heterocycles. The minimum absolute atomic E-state index is 0.0131. The van der Waals surface area contributed by atoms with Crippen LogP contribution in [0.15, 0.2) is 12.3 Å². The molecule has 2 rings (SSSR count). The summed E-state index contributed by atoms with van der Waals surface area (Å²) < 4.78 is 0. The molecule has 0 radical (unpaired) electrons. The van der Waals surface area contributed by atoms with E-state index < -0.39 is 0 Å². The number of aryl methyl sites for hydroxylation is 1. The molecule has 1 aliphatic carbocycles. The van der Waals surface area contributed by atoms with Gasteiger partial charge in [0.05, 0.1) is 5.54 Å². The van der Waals surface area contributed by atoms with Gasteiger partial charge in [-0.1, -0.05) is 0 Å². The van der Waals surface area contributed by atoms with Gasteiger partial charge in [-0.15, -0.1) is 0 Å². The lowest BCUT2D eigenvalue weighted by atomic mass is 9.96. The Labute approximate surface area is 90.3 Å². The van der Waals surface area contributed by atoms with Crippen molar-refractivity contribution in [3.8, 4) is 0 Å². The van der Waals surface area contributed by atoms with Gasteiger partial charge >= 0.3 is 0 Å². The number of rotatable bonds is 4. The quantitative estimate of drug-likeness (QED) is 0.780. The zero-order valence-corrected chi connectivity index (χ0v) is 9.33. The highest BCUT2D eigenvalue weighted by Gasteiger charge is 2.40. The summed E-state index contributed by atoms with van der Waals surface area (Å²) in [5, 5.41) is 3.43. The highest BCUT2D eigenvalue weighted by molar-refractivity contribution is 5.37. The first-order valence-corrected chi connectivity index (χ1v) is 5.42. The van der Waals surface area contributed by atoms with Crippen LogP contribution in [0.4, 0.5) is 5.82 Å². The summed E-state index contributed by atoms with van der Waals surface area (Å²) in [4.78, 5) is 8.41. The first-order valence-electron chi connectivity index (χ1n) is 5.42. The van der Waals surface area contributed by atoms with Crippen LogP contribution in [0.2, 0.25) is 0 Å². The molecule has 1 heterocycles. The molecular formula is C11H18N4. The van der Waals surface area contributed by atoms with E-state index in [0.717, 1.165) is 11.6 Å². The van der Waals surface area contributed by atoms with Crippen molar-refractivity contribution in [1.29, 1.82) is 0 Å². The highest BCUT2D eigenvalue weighted by Crippen LogP contribution is 2.40. The Morgan fingerprint density at radius 3 is 2.87 bits per heavy atom. The number of nitrogens with one attached hydrogen (secondary N) is 1. The summed E-state index contributed by atoms with van der Waals surface area (Å²) in [7, 11) is 0. The molecule has 1 aromatic rings. The molecule has 1 aromatic heterocycles. The Balaban J connectivity index is 2.12. The van der Waals surface area contributed by atoms with E-state index in [1.807, 2.05) is 13.0 Å². The Kier molecular flexibility index (Phi) is 2.61. The number of anilines is 1. The Hall–Kier alpha value is -1.16. The lowest BCUT2D eigenvalue weighted by molar-refractivity contribution is 0.457. The fraction of sp³-hybridized carbons (Fsp3) is 0.636.